The van der Waals surface area contributed by atoms with E-state index in [1.165, 1.54) is 19.4 Å². The van der Waals surface area contributed by atoms with Gasteiger partial charge in [-0.25, -0.2) is 0 Å². The van der Waals surface area contributed by atoms with Gasteiger partial charge in [0.05, 0.1) is 6.61 Å². The van der Waals surface area contributed by atoms with Crippen LogP contribution in [0.15, 0.2) is 0 Å². The molecule has 2 rings (SSSR count). The molecule has 1 N–H and O–H groups in total. The minimum Gasteiger partial charge on any atom is -0.380 e. The zero-order valence-electron chi connectivity index (χ0n) is 11.6. The van der Waals surface area contributed by atoms with Crippen molar-refractivity contribution in [2.24, 2.45) is 5.92 Å². The smallest absolute Gasteiger partial charge is 0.0637 e. The Labute approximate surface area is 106 Å². The number of likely N-dealkylation sites (tertiary alicyclic amines) is 1. The van der Waals surface area contributed by atoms with Gasteiger partial charge < -0.3 is 10.1 Å². The average molecular weight is 240 g/mol. The summed E-state index contributed by atoms with van der Waals surface area (Å²) in [5, 5.41) is 3.64. The first-order valence-electron chi connectivity index (χ1n) is 7.29. The van der Waals surface area contributed by atoms with E-state index in [4.69, 9.17) is 4.74 Å². The summed E-state index contributed by atoms with van der Waals surface area (Å²) in [6, 6.07) is 1.93. The molecule has 2 fully saturated rings. The highest BCUT2D eigenvalue weighted by Crippen LogP contribution is 2.27. The van der Waals surface area contributed by atoms with E-state index in [0.29, 0.717) is 18.1 Å². The molecule has 0 aromatic heterocycles. The molecule has 100 valence electrons. The van der Waals surface area contributed by atoms with E-state index < -0.39 is 0 Å². The second kappa shape index (κ2) is 6.17. The molecule has 3 heteroatoms. The molecule has 0 amide bonds. The number of likely N-dealkylation sites (N-methyl/N-ethyl adjacent to an activating group) is 1. The van der Waals surface area contributed by atoms with Gasteiger partial charge in [-0.15, -0.1) is 0 Å². The molecular formula is C14H28N2O. The van der Waals surface area contributed by atoms with Gasteiger partial charge in [-0.3, -0.25) is 4.90 Å². The van der Waals surface area contributed by atoms with Crippen molar-refractivity contribution in [1.82, 2.24) is 10.2 Å². The third kappa shape index (κ3) is 3.21. The van der Waals surface area contributed by atoms with Crippen LogP contribution in [-0.2, 0) is 4.74 Å². The van der Waals surface area contributed by atoms with Crippen molar-refractivity contribution in [3.05, 3.63) is 0 Å². The summed E-state index contributed by atoms with van der Waals surface area (Å²) in [5.74, 6) is 0.892. The van der Waals surface area contributed by atoms with E-state index >= 15 is 0 Å². The first kappa shape index (κ1) is 13.3. The molecule has 0 aromatic carbocycles. The molecule has 2 aliphatic rings. The predicted molar refractivity (Wildman–Crippen MR) is 71.3 cm³/mol. The van der Waals surface area contributed by atoms with Crippen molar-refractivity contribution in [2.45, 2.75) is 58.2 Å². The molecule has 0 bridgehead atoms. The molecule has 0 aromatic rings. The molecule has 3 nitrogen and oxygen atoms in total. The summed E-state index contributed by atoms with van der Waals surface area (Å²) in [6.07, 6.45) is 3.85. The summed E-state index contributed by atoms with van der Waals surface area (Å²) < 4.78 is 5.71. The van der Waals surface area contributed by atoms with Crippen LogP contribution in [0.2, 0.25) is 0 Å². The number of nitrogens with zero attached hydrogens (tertiary/aromatic N) is 1. The molecule has 4 unspecified atom stereocenters. The molecule has 17 heavy (non-hydrogen) atoms. The first-order valence-corrected chi connectivity index (χ1v) is 7.29. The first-order chi connectivity index (χ1) is 8.22. The Balaban J connectivity index is 1.97. The topological polar surface area (TPSA) is 24.5 Å². The quantitative estimate of drug-likeness (QED) is 0.815. The molecule has 0 saturated carbocycles. The van der Waals surface area contributed by atoms with Gasteiger partial charge in [0.1, 0.15) is 0 Å². The lowest BCUT2D eigenvalue weighted by Crippen LogP contribution is -2.59. The summed E-state index contributed by atoms with van der Waals surface area (Å²) in [5.41, 5.74) is 0. The summed E-state index contributed by atoms with van der Waals surface area (Å²) in [4.78, 5) is 2.69. The van der Waals surface area contributed by atoms with Crippen LogP contribution >= 0.6 is 0 Å². The molecule has 2 aliphatic heterocycles. The number of rotatable bonds is 3. The second-order valence-corrected chi connectivity index (χ2v) is 5.81. The Kier molecular flexibility index (Phi) is 4.83. The SMILES string of the molecule is CCNC1CCOCC1N1CCC(C)CC1C. The number of hydrogen-bond donors (Lipinski definition) is 1. The van der Waals surface area contributed by atoms with Gasteiger partial charge in [-0.1, -0.05) is 13.8 Å². The maximum Gasteiger partial charge on any atom is 0.0637 e. The second-order valence-electron chi connectivity index (χ2n) is 5.81. The van der Waals surface area contributed by atoms with E-state index in [9.17, 15) is 0 Å². The minimum atomic E-state index is 0.589. The average Bonchev–Trinajstić information content (AvgIpc) is 2.31. The molecule has 2 saturated heterocycles. The van der Waals surface area contributed by atoms with Crippen molar-refractivity contribution < 1.29 is 4.74 Å². The Morgan fingerprint density at radius 2 is 2.12 bits per heavy atom. The van der Waals surface area contributed by atoms with Gasteiger partial charge in [0.15, 0.2) is 0 Å². The lowest BCUT2D eigenvalue weighted by molar-refractivity contribution is -0.0322. The fourth-order valence-electron chi connectivity index (χ4n) is 3.47. The van der Waals surface area contributed by atoms with E-state index in [-0.39, 0.29) is 0 Å². The Morgan fingerprint density at radius 3 is 2.82 bits per heavy atom. The lowest BCUT2D eigenvalue weighted by atomic mass is 9.90. The van der Waals surface area contributed by atoms with Gasteiger partial charge >= 0.3 is 0 Å². The van der Waals surface area contributed by atoms with E-state index in [0.717, 1.165) is 32.1 Å². The van der Waals surface area contributed by atoms with Crippen molar-refractivity contribution in [3.8, 4) is 0 Å². The molecular weight excluding hydrogens is 212 g/mol. The number of hydrogen-bond acceptors (Lipinski definition) is 3. The zero-order chi connectivity index (χ0) is 12.3. The van der Waals surface area contributed by atoms with Crippen molar-refractivity contribution in [2.75, 3.05) is 26.3 Å². The van der Waals surface area contributed by atoms with Crippen molar-refractivity contribution in [1.29, 1.82) is 0 Å². The zero-order valence-corrected chi connectivity index (χ0v) is 11.6. The molecule has 0 radical (unpaired) electrons. The summed E-state index contributed by atoms with van der Waals surface area (Å²) in [6.45, 7) is 11.1. The molecule has 0 aliphatic carbocycles. The summed E-state index contributed by atoms with van der Waals surface area (Å²) >= 11 is 0. The van der Waals surface area contributed by atoms with Crippen LogP contribution in [0.3, 0.4) is 0 Å². The van der Waals surface area contributed by atoms with Gasteiger partial charge in [0, 0.05) is 24.7 Å². The fourth-order valence-corrected chi connectivity index (χ4v) is 3.47. The Morgan fingerprint density at radius 1 is 1.29 bits per heavy atom. The molecule has 2 heterocycles. The number of piperidine rings is 1. The molecule has 4 atom stereocenters. The van der Waals surface area contributed by atoms with Crippen LogP contribution in [-0.4, -0.2) is 49.3 Å². The Hall–Kier alpha value is -0.120. The predicted octanol–water partition coefficient (Wildman–Crippen LogP) is 1.87. The van der Waals surface area contributed by atoms with Gasteiger partial charge in [0.25, 0.3) is 0 Å². The maximum absolute atomic E-state index is 5.71. The minimum absolute atomic E-state index is 0.589. The number of ether oxygens (including phenoxy) is 1. The number of nitrogens with one attached hydrogen (secondary N) is 1. The molecule has 0 spiro atoms. The fraction of sp³-hybridized carbons (Fsp3) is 1.00. The van der Waals surface area contributed by atoms with Crippen LogP contribution in [0.25, 0.3) is 0 Å². The highest BCUT2D eigenvalue weighted by Gasteiger charge is 2.35. The third-order valence-electron chi connectivity index (χ3n) is 4.41. The summed E-state index contributed by atoms with van der Waals surface area (Å²) in [7, 11) is 0. The van der Waals surface area contributed by atoms with Crippen molar-refractivity contribution >= 4 is 0 Å². The van der Waals surface area contributed by atoms with Gasteiger partial charge in [0.2, 0.25) is 0 Å². The largest absolute Gasteiger partial charge is 0.380 e. The van der Waals surface area contributed by atoms with Crippen LogP contribution < -0.4 is 5.32 Å². The Bertz CT molecular complexity index is 232. The normalized spacial score (nSPS) is 40.4. The van der Waals surface area contributed by atoms with Crippen molar-refractivity contribution in [3.63, 3.8) is 0 Å². The lowest BCUT2D eigenvalue weighted by Gasteiger charge is -2.46. The monoisotopic (exact) mass is 240 g/mol. The highest BCUT2D eigenvalue weighted by molar-refractivity contribution is 4.91. The highest BCUT2D eigenvalue weighted by atomic mass is 16.5. The van der Waals surface area contributed by atoms with E-state index in [1.54, 1.807) is 0 Å². The third-order valence-corrected chi connectivity index (χ3v) is 4.41. The van der Waals surface area contributed by atoms with Crippen LogP contribution in [0.1, 0.15) is 40.0 Å². The van der Waals surface area contributed by atoms with Crippen LogP contribution in [0.4, 0.5) is 0 Å². The standard InChI is InChI=1S/C14H28N2O/c1-4-15-13-6-8-17-10-14(13)16-7-5-11(2)9-12(16)3/h11-15H,4-10H2,1-3H3. The maximum atomic E-state index is 5.71. The van der Waals surface area contributed by atoms with Gasteiger partial charge in [-0.05, 0) is 45.2 Å². The van der Waals surface area contributed by atoms with Crippen LogP contribution in [0, 0.1) is 5.92 Å². The van der Waals surface area contributed by atoms with E-state index in [2.05, 4.69) is 31.0 Å². The van der Waals surface area contributed by atoms with Crippen LogP contribution in [0.5, 0.6) is 0 Å². The van der Waals surface area contributed by atoms with E-state index in [1.807, 2.05) is 0 Å². The van der Waals surface area contributed by atoms with Gasteiger partial charge in [-0.2, -0.15) is 0 Å².